The number of rotatable bonds is 6. The molecule has 11 nitrogen and oxygen atoms in total. The van der Waals surface area contributed by atoms with Crippen LogP contribution in [0.25, 0.3) is 0 Å². The van der Waals surface area contributed by atoms with Crippen molar-refractivity contribution in [2.45, 2.75) is 38.3 Å². The van der Waals surface area contributed by atoms with Crippen LogP contribution in [0.5, 0.6) is 11.6 Å². The molecule has 1 atom stereocenters. The molecule has 0 amide bonds. The van der Waals surface area contributed by atoms with Crippen LogP contribution in [0.15, 0.2) is 23.0 Å². The number of aliphatic hydroxyl groups excluding tert-OH is 1. The number of hydrogen-bond donors (Lipinski definition) is 5. The fourth-order valence-corrected chi connectivity index (χ4v) is 5.21. The average Bonchev–Trinajstić information content (AvgIpc) is 2.98. The molecule has 1 aliphatic heterocycles. The fraction of sp³-hybridized carbons (Fsp3) is 0.474. The molecule has 1 saturated carbocycles. The Hall–Kier alpha value is -2.90. The zero-order valence-corrected chi connectivity index (χ0v) is 17.9. The van der Waals surface area contributed by atoms with E-state index in [0.717, 1.165) is 37.8 Å². The molecule has 0 bridgehead atoms. The number of H-pyrrole nitrogens is 1. The first-order chi connectivity index (χ1) is 15.2. The van der Waals surface area contributed by atoms with E-state index in [1.165, 1.54) is 12.5 Å². The summed E-state index contributed by atoms with van der Waals surface area (Å²) in [7, 11) is -4.20. The Morgan fingerprint density at radius 3 is 2.66 bits per heavy atom. The van der Waals surface area contributed by atoms with Crippen LogP contribution in [0, 0.1) is 11.7 Å². The second-order valence-electron chi connectivity index (χ2n) is 7.87. The number of hydrogen-bond acceptors (Lipinski definition) is 8. The van der Waals surface area contributed by atoms with Crippen LogP contribution in [-0.4, -0.2) is 48.0 Å². The number of benzene rings is 1. The smallest absolute Gasteiger partial charge is 0.304 e. The van der Waals surface area contributed by atoms with E-state index >= 15 is 0 Å². The SMILES string of the molecule is O=c1cc(OCC2CCCCC2)nc(Nc2cc(O)c(N3CC(O)NS3(=O)=O)c(F)c2)[nH]1. The van der Waals surface area contributed by atoms with E-state index in [4.69, 9.17) is 4.74 Å². The number of nitrogens with zero attached hydrogens (tertiary/aromatic N) is 2. The third kappa shape index (κ3) is 4.95. The predicted molar refractivity (Wildman–Crippen MR) is 114 cm³/mol. The van der Waals surface area contributed by atoms with E-state index in [1.54, 1.807) is 0 Å². The first-order valence-corrected chi connectivity index (χ1v) is 11.7. The number of halogens is 1. The first-order valence-electron chi connectivity index (χ1n) is 10.2. The molecule has 0 radical (unpaired) electrons. The molecule has 2 heterocycles. The number of β-amino-alcohol motifs (C(OH)–C–C–N with tert-alkyl or cyclic N) is 1. The summed E-state index contributed by atoms with van der Waals surface area (Å²) in [5, 5.41) is 22.4. The van der Waals surface area contributed by atoms with Crippen LogP contribution in [-0.2, 0) is 10.2 Å². The second kappa shape index (κ2) is 8.92. The van der Waals surface area contributed by atoms with Gasteiger partial charge in [-0.25, -0.2) is 8.70 Å². The highest BCUT2D eigenvalue weighted by Gasteiger charge is 2.37. The maximum Gasteiger partial charge on any atom is 0.304 e. The van der Waals surface area contributed by atoms with E-state index in [1.807, 2.05) is 4.72 Å². The number of aromatic amines is 1. The Bertz CT molecular complexity index is 1130. The Labute approximate surface area is 183 Å². The van der Waals surface area contributed by atoms with Crippen LogP contribution < -0.4 is 24.6 Å². The molecule has 2 aromatic rings. The summed E-state index contributed by atoms with van der Waals surface area (Å²) in [6, 6.07) is 3.23. The van der Waals surface area contributed by atoms with Gasteiger partial charge in [0.25, 0.3) is 5.56 Å². The molecule has 1 saturated heterocycles. The second-order valence-corrected chi connectivity index (χ2v) is 9.49. The van der Waals surface area contributed by atoms with Crippen LogP contribution in [0.3, 0.4) is 0 Å². The molecule has 13 heteroatoms. The first kappa shape index (κ1) is 22.3. The van der Waals surface area contributed by atoms with Crippen molar-refractivity contribution in [3.63, 3.8) is 0 Å². The van der Waals surface area contributed by atoms with E-state index in [2.05, 4.69) is 15.3 Å². The molecule has 2 fully saturated rings. The number of phenolic OH excluding ortho intramolecular Hbond substituents is 1. The molecule has 32 heavy (non-hydrogen) atoms. The van der Waals surface area contributed by atoms with Crippen molar-refractivity contribution in [3.05, 3.63) is 34.4 Å². The fourth-order valence-electron chi connectivity index (χ4n) is 3.91. The molecule has 5 N–H and O–H groups in total. The molecule has 174 valence electrons. The van der Waals surface area contributed by atoms with Crippen molar-refractivity contribution >= 4 is 27.5 Å². The van der Waals surface area contributed by atoms with E-state index in [9.17, 15) is 27.8 Å². The topological polar surface area (TPSA) is 157 Å². The number of aromatic nitrogens is 2. The zero-order valence-electron chi connectivity index (χ0n) is 17.0. The van der Waals surface area contributed by atoms with Crippen molar-refractivity contribution in [2.24, 2.45) is 5.92 Å². The lowest BCUT2D eigenvalue weighted by Gasteiger charge is -2.21. The number of aliphatic hydroxyl groups is 1. The summed E-state index contributed by atoms with van der Waals surface area (Å²) in [5.41, 5.74) is -1.07. The van der Waals surface area contributed by atoms with E-state index < -0.39 is 45.8 Å². The van der Waals surface area contributed by atoms with Crippen molar-refractivity contribution in [3.8, 4) is 11.6 Å². The van der Waals surface area contributed by atoms with Gasteiger partial charge < -0.3 is 20.3 Å². The largest absolute Gasteiger partial charge is 0.506 e. The van der Waals surface area contributed by atoms with Gasteiger partial charge in [0.05, 0.1) is 19.2 Å². The number of ether oxygens (including phenoxy) is 1. The van der Waals surface area contributed by atoms with Crippen LogP contribution in [0.1, 0.15) is 32.1 Å². The highest BCUT2D eigenvalue weighted by atomic mass is 32.2. The van der Waals surface area contributed by atoms with Gasteiger partial charge in [-0.15, -0.1) is 0 Å². The zero-order chi connectivity index (χ0) is 22.9. The molecule has 2 aliphatic rings. The van der Waals surface area contributed by atoms with Gasteiger partial charge in [0.2, 0.25) is 11.8 Å². The predicted octanol–water partition coefficient (Wildman–Crippen LogP) is 1.29. The Kier molecular flexibility index (Phi) is 6.22. The lowest BCUT2D eigenvalue weighted by molar-refractivity contribution is 0.183. The van der Waals surface area contributed by atoms with Gasteiger partial charge in [0, 0.05) is 11.8 Å². The molecule has 0 spiro atoms. The maximum absolute atomic E-state index is 14.7. The molecular formula is C19H24FN5O6S. The van der Waals surface area contributed by atoms with E-state index in [0.29, 0.717) is 16.8 Å². The normalized spacial score (nSPS) is 20.9. The van der Waals surface area contributed by atoms with Gasteiger partial charge >= 0.3 is 10.2 Å². The number of aromatic hydroxyl groups is 1. The quantitative estimate of drug-likeness (QED) is 0.424. The van der Waals surface area contributed by atoms with Gasteiger partial charge in [-0.3, -0.25) is 9.78 Å². The number of nitrogens with one attached hydrogen (secondary N) is 3. The highest BCUT2D eigenvalue weighted by molar-refractivity contribution is 7.91. The molecule has 1 unspecified atom stereocenters. The van der Waals surface area contributed by atoms with Gasteiger partial charge in [-0.05, 0) is 24.8 Å². The molecule has 1 aromatic heterocycles. The number of anilines is 3. The molecule has 1 aromatic carbocycles. The highest BCUT2D eigenvalue weighted by Crippen LogP contribution is 2.37. The van der Waals surface area contributed by atoms with Gasteiger partial charge in [-0.1, -0.05) is 19.3 Å². The minimum Gasteiger partial charge on any atom is -0.506 e. The van der Waals surface area contributed by atoms with Crippen LogP contribution >= 0.6 is 0 Å². The van der Waals surface area contributed by atoms with Crippen molar-refractivity contribution in [1.82, 2.24) is 14.7 Å². The third-order valence-corrected chi connectivity index (χ3v) is 6.86. The molecule has 4 rings (SSSR count). The molecule has 1 aliphatic carbocycles. The van der Waals surface area contributed by atoms with Crippen molar-refractivity contribution in [2.75, 3.05) is 22.8 Å². The average molecular weight is 469 g/mol. The van der Waals surface area contributed by atoms with Crippen molar-refractivity contribution < 1.29 is 27.8 Å². The van der Waals surface area contributed by atoms with Crippen LogP contribution in [0.2, 0.25) is 0 Å². The summed E-state index contributed by atoms with van der Waals surface area (Å²) in [4.78, 5) is 18.6. The Morgan fingerprint density at radius 1 is 1.25 bits per heavy atom. The van der Waals surface area contributed by atoms with Crippen LogP contribution in [0.4, 0.5) is 21.7 Å². The summed E-state index contributed by atoms with van der Waals surface area (Å²) < 4.78 is 46.8. The lowest BCUT2D eigenvalue weighted by Crippen LogP contribution is -2.30. The Balaban J connectivity index is 1.51. The summed E-state index contributed by atoms with van der Waals surface area (Å²) in [6.45, 7) is -0.0148. The van der Waals surface area contributed by atoms with Crippen molar-refractivity contribution in [1.29, 1.82) is 0 Å². The minimum atomic E-state index is -4.20. The summed E-state index contributed by atoms with van der Waals surface area (Å²) in [6.07, 6.45) is 4.24. The Morgan fingerprint density at radius 2 is 2.00 bits per heavy atom. The maximum atomic E-state index is 14.7. The van der Waals surface area contributed by atoms with Gasteiger partial charge in [-0.2, -0.15) is 18.1 Å². The van der Waals surface area contributed by atoms with E-state index in [-0.39, 0.29) is 17.5 Å². The van der Waals surface area contributed by atoms with Gasteiger partial charge in [0.1, 0.15) is 17.7 Å². The summed E-state index contributed by atoms with van der Waals surface area (Å²) in [5.74, 6) is -1.24. The minimum absolute atomic E-state index is 0.0152. The number of phenols is 1. The third-order valence-electron chi connectivity index (χ3n) is 5.38. The standard InChI is InChI=1S/C19H24FN5O6S/c20-13-6-12(7-14(26)18(13)25-9-16(28)24-32(25,29)30)21-19-22-15(27)8-17(23-19)31-10-11-4-2-1-3-5-11/h6-8,11,16,24,26,28H,1-5,9-10H2,(H2,21,22,23,27). The van der Waals surface area contributed by atoms with Gasteiger partial charge in [0.15, 0.2) is 5.82 Å². The monoisotopic (exact) mass is 469 g/mol. The molecular weight excluding hydrogens is 445 g/mol. The summed E-state index contributed by atoms with van der Waals surface area (Å²) >= 11 is 0. The lowest BCUT2D eigenvalue weighted by atomic mass is 9.90.